The monoisotopic (exact) mass is 169 g/mol. The van der Waals surface area contributed by atoms with Crippen LogP contribution in [0.3, 0.4) is 0 Å². The number of rotatable bonds is 2. The van der Waals surface area contributed by atoms with Gasteiger partial charge in [-0.05, 0) is 25.5 Å². The zero-order chi connectivity index (χ0) is 8.39. The van der Waals surface area contributed by atoms with E-state index in [1.54, 1.807) is 6.07 Å². The number of nitrogens with one attached hydrogen (secondary N) is 1. The maximum Gasteiger partial charge on any atom is 0.143 e. The molecule has 1 N–H and O–H groups in total. The van der Waals surface area contributed by atoms with Gasteiger partial charge in [-0.25, -0.2) is 4.39 Å². The molecule has 0 aliphatic carbocycles. The summed E-state index contributed by atoms with van der Waals surface area (Å²) in [6, 6.07) is 1.67. The Balaban J connectivity index is 2.04. The fraction of sp³-hybridized carbons (Fsp3) is 0.556. The van der Waals surface area contributed by atoms with Crippen molar-refractivity contribution >= 4 is 0 Å². The highest BCUT2D eigenvalue weighted by molar-refractivity contribution is 5.12. The van der Waals surface area contributed by atoms with Crippen molar-refractivity contribution < 1.29 is 8.81 Å². The molecule has 1 aliphatic rings. The lowest BCUT2D eigenvalue weighted by Crippen LogP contribution is -2.26. The molecule has 2 rings (SSSR count). The molecule has 0 saturated carbocycles. The molecule has 1 aliphatic heterocycles. The average Bonchev–Trinajstić information content (AvgIpc) is 2.77. The van der Waals surface area contributed by atoms with Crippen molar-refractivity contribution in [2.45, 2.75) is 25.1 Å². The van der Waals surface area contributed by atoms with Gasteiger partial charge in [-0.2, -0.15) is 0 Å². The van der Waals surface area contributed by atoms with Gasteiger partial charge in [0.25, 0.3) is 0 Å². The lowest BCUT2D eigenvalue weighted by Gasteiger charge is -2.13. The Morgan fingerprint density at radius 1 is 1.67 bits per heavy atom. The van der Waals surface area contributed by atoms with E-state index in [1.807, 2.05) is 0 Å². The molecular weight excluding hydrogens is 157 g/mol. The average molecular weight is 169 g/mol. The van der Waals surface area contributed by atoms with Gasteiger partial charge in [0.1, 0.15) is 6.17 Å². The van der Waals surface area contributed by atoms with Gasteiger partial charge in [0.05, 0.1) is 12.5 Å². The Hall–Kier alpha value is -0.830. The van der Waals surface area contributed by atoms with E-state index in [2.05, 4.69) is 5.32 Å². The summed E-state index contributed by atoms with van der Waals surface area (Å²) in [5.74, 6) is 0. The first-order valence-electron chi connectivity index (χ1n) is 4.27. The van der Waals surface area contributed by atoms with Gasteiger partial charge in [0, 0.05) is 11.6 Å². The van der Waals surface area contributed by atoms with Crippen LogP contribution in [0.15, 0.2) is 23.0 Å². The van der Waals surface area contributed by atoms with Crippen molar-refractivity contribution in [1.82, 2.24) is 5.32 Å². The third-order valence-electron chi connectivity index (χ3n) is 2.31. The molecule has 0 spiro atoms. The highest BCUT2D eigenvalue weighted by Crippen LogP contribution is 2.26. The summed E-state index contributed by atoms with van der Waals surface area (Å²) in [6.07, 6.45) is 4.07. The van der Waals surface area contributed by atoms with Crippen molar-refractivity contribution in [2.75, 3.05) is 6.54 Å². The second-order valence-electron chi connectivity index (χ2n) is 3.16. The Morgan fingerprint density at radius 2 is 2.58 bits per heavy atom. The summed E-state index contributed by atoms with van der Waals surface area (Å²) in [5.41, 5.74) is 0.648. The molecule has 0 bridgehead atoms. The Bertz CT molecular complexity index is 229. The smallest absolute Gasteiger partial charge is 0.143 e. The molecule has 2 atom stereocenters. The van der Waals surface area contributed by atoms with Gasteiger partial charge in [-0.3, -0.25) is 0 Å². The Labute approximate surface area is 70.8 Å². The highest BCUT2D eigenvalue weighted by Gasteiger charge is 2.25. The lowest BCUT2D eigenvalue weighted by atomic mass is 10.1. The molecule has 3 heteroatoms. The van der Waals surface area contributed by atoms with Crippen LogP contribution in [0.2, 0.25) is 0 Å². The molecule has 12 heavy (non-hydrogen) atoms. The van der Waals surface area contributed by atoms with E-state index < -0.39 is 6.17 Å². The quantitative estimate of drug-likeness (QED) is 0.732. The molecular formula is C9H12FNO. The molecule has 0 amide bonds. The fourth-order valence-electron chi connectivity index (χ4n) is 1.63. The second kappa shape index (κ2) is 3.27. The first-order chi connectivity index (χ1) is 5.88. The van der Waals surface area contributed by atoms with E-state index in [1.165, 1.54) is 12.5 Å². The largest absolute Gasteiger partial charge is 0.472 e. The molecule has 2 unspecified atom stereocenters. The van der Waals surface area contributed by atoms with Crippen LogP contribution in [0.5, 0.6) is 0 Å². The second-order valence-corrected chi connectivity index (χ2v) is 3.16. The minimum absolute atomic E-state index is 0.0115. The Kier molecular flexibility index (Phi) is 2.13. The van der Waals surface area contributed by atoms with Crippen molar-refractivity contribution in [3.8, 4) is 0 Å². The maximum absolute atomic E-state index is 13.6. The molecule has 2 heterocycles. The number of hydrogen-bond acceptors (Lipinski definition) is 2. The van der Waals surface area contributed by atoms with Gasteiger partial charge in [0.15, 0.2) is 0 Å². The summed E-state index contributed by atoms with van der Waals surface area (Å²) in [6.45, 7) is 0.933. The molecule has 1 aromatic rings. The summed E-state index contributed by atoms with van der Waals surface area (Å²) >= 11 is 0. The van der Waals surface area contributed by atoms with E-state index in [0.29, 0.717) is 5.56 Å². The minimum Gasteiger partial charge on any atom is -0.472 e. The van der Waals surface area contributed by atoms with Crippen LogP contribution >= 0.6 is 0 Å². The van der Waals surface area contributed by atoms with E-state index in [0.717, 1.165) is 19.4 Å². The summed E-state index contributed by atoms with van der Waals surface area (Å²) in [7, 11) is 0. The molecule has 66 valence electrons. The SMILES string of the molecule is FC(c1ccoc1)C1CCCN1. The normalized spacial score (nSPS) is 25.9. The van der Waals surface area contributed by atoms with E-state index in [-0.39, 0.29) is 6.04 Å². The summed E-state index contributed by atoms with van der Waals surface area (Å²) < 4.78 is 18.4. The molecule has 1 fully saturated rings. The van der Waals surface area contributed by atoms with Crippen LogP contribution < -0.4 is 5.32 Å². The van der Waals surface area contributed by atoms with Crippen LogP contribution in [0.4, 0.5) is 4.39 Å². The molecule has 0 radical (unpaired) electrons. The van der Waals surface area contributed by atoms with Gasteiger partial charge in [0.2, 0.25) is 0 Å². The van der Waals surface area contributed by atoms with Crippen LogP contribution in [-0.2, 0) is 0 Å². The fourth-order valence-corrected chi connectivity index (χ4v) is 1.63. The number of alkyl halides is 1. The number of halogens is 1. The Morgan fingerprint density at radius 3 is 3.17 bits per heavy atom. The van der Waals surface area contributed by atoms with Crippen LogP contribution in [0.25, 0.3) is 0 Å². The first-order valence-corrected chi connectivity index (χ1v) is 4.27. The lowest BCUT2D eigenvalue weighted by molar-refractivity contribution is 0.269. The number of furan rings is 1. The first kappa shape index (κ1) is 7.80. The standard InChI is InChI=1S/C9H12FNO/c10-9(7-3-5-12-6-7)8-2-1-4-11-8/h3,5-6,8-9,11H,1-2,4H2. The van der Waals surface area contributed by atoms with Gasteiger partial charge in [-0.1, -0.05) is 0 Å². The van der Waals surface area contributed by atoms with Crippen molar-refractivity contribution in [1.29, 1.82) is 0 Å². The third kappa shape index (κ3) is 1.37. The van der Waals surface area contributed by atoms with Crippen LogP contribution in [-0.4, -0.2) is 12.6 Å². The third-order valence-corrected chi connectivity index (χ3v) is 2.31. The molecule has 2 nitrogen and oxygen atoms in total. The topological polar surface area (TPSA) is 25.2 Å². The van der Waals surface area contributed by atoms with E-state index in [4.69, 9.17) is 4.42 Å². The van der Waals surface area contributed by atoms with E-state index >= 15 is 0 Å². The zero-order valence-electron chi connectivity index (χ0n) is 6.79. The van der Waals surface area contributed by atoms with Gasteiger partial charge < -0.3 is 9.73 Å². The highest BCUT2D eigenvalue weighted by atomic mass is 19.1. The summed E-state index contributed by atoms with van der Waals surface area (Å²) in [4.78, 5) is 0. The van der Waals surface area contributed by atoms with Crippen molar-refractivity contribution in [3.05, 3.63) is 24.2 Å². The number of hydrogen-bond donors (Lipinski definition) is 1. The minimum atomic E-state index is -0.911. The van der Waals surface area contributed by atoms with Crippen molar-refractivity contribution in [3.63, 3.8) is 0 Å². The molecule has 1 aromatic heterocycles. The summed E-state index contributed by atoms with van der Waals surface area (Å²) in [5, 5.41) is 3.13. The van der Waals surface area contributed by atoms with Crippen LogP contribution in [0, 0.1) is 0 Å². The zero-order valence-corrected chi connectivity index (χ0v) is 6.79. The predicted molar refractivity (Wildman–Crippen MR) is 43.6 cm³/mol. The van der Waals surface area contributed by atoms with Crippen LogP contribution in [0.1, 0.15) is 24.6 Å². The van der Waals surface area contributed by atoms with Crippen molar-refractivity contribution in [2.24, 2.45) is 0 Å². The van der Waals surface area contributed by atoms with E-state index in [9.17, 15) is 4.39 Å². The molecule has 0 aromatic carbocycles. The predicted octanol–water partition coefficient (Wildman–Crippen LogP) is 2.04. The van der Waals surface area contributed by atoms with Gasteiger partial charge in [-0.15, -0.1) is 0 Å². The van der Waals surface area contributed by atoms with Gasteiger partial charge >= 0.3 is 0 Å². The maximum atomic E-state index is 13.6. The molecule has 1 saturated heterocycles.